The minimum absolute atomic E-state index is 0.146. The van der Waals surface area contributed by atoms with E-state index in [0.29, 0.717) is 11.8 Å². The van der Waals surface area contributed by atoms with E-state index in [1.165, 1.54) is 12.3 Å². The highest BCUT2D eigenvalue weighted by molar-refractivity contribution is 8.12. The molecule has 17 heavy (non-hydrogen) atoms. The molecule has 1 rings (SSSR count). The highest BCUT2D eigenvalue weighted by atomic mass is 32.2. The molecule has 0 atom stereocenters. The van der Waals surface area contributed by atoms with Crippen molar-refractivity contribution in [2.24, 2.45) is 0 Å². The van der Waals surface area contributed by atoms with E-state index in [2.05, 4.69) is 4.98 Å². The van der Waals surface area contributed by atoms with Crippen LogP contribution in [0.5, 0.6) is 0 Å². The van der Waals surface area contributed by atoms with E-state index in [9.17, 15) is 9.13 Å². The van der Waals surface area contributed by atoms with E-state index in [1.54, 1.807) is 13.0 Å². The van der Waals surface area contributed by atoms with Crippen molar-refractivity contribution in [1.82, 2.24) is 4.98 Å². The molecule has 10 heteroatoms. The summed E-state index contributed by atoms with van der Waals surface area (Å²) in [6.45, 7) is 1.77. The standard InChI is InChI=1S/C7H11NO6P2S/c1-5-2-3-6(8-4-5)17-7(15(9,10)11)16(12,13)14/h2-4,7H,1H3,(H2,9,10,11)(H2,12,13,14). The third-order valence-electron chi connectivity index (χ3n) is 1.69. The molecule has 0 amide bonds. The van der Waals surface area contributed by atoms with Gasteiger partial charge in [0.05, 0.1) is 5.03 Å². The normalized spacial score (nSPS) is 13.1. The van der Waals surface area contributed by atoms with E-state index in [0.717, 1.165) is 5.56 Å². The molecule has 96 valence electrons. The Labute approximate surface area is 102 Å². The fraction of sp³-hybridized carbons (Fsp3) is 0.286. The summed E-state index contributed by atoms with van der Waals surface area (Å²) in [6.07, 6.45) is 1.44. The number of hydrogen-bond acceptors (Lipinski definition) is 4. The van der Waals surface area contributed by atoms with E-state index < -0.39 is 19.9 Å². The van der Waals surface area contributed by atoms with Gasteiger partial charge in [-0.2, -0.15) is 0 Å². The minimum Gasteiger partial charge on any atom is -0.323 e. The summed E-state index contributed by atoms with van der Waals surface area (Å²) < 4.78 is 19.9. The first-order valence-corrected chi connectivity index (χ1v) is 8.55. The first kappa shape index (κ1) is 14.9. The van der Waals surface area contributed by atoms with Gasteiger partial charge in [-0.3, -0.25) is 9.13 Å². The molecule has 1 heterocycles. The molecule has 7 nitrogen and oxygen atoms in total. The van der Waals surface area contributed by atoms with Gasteiger partial charge in [0.2, 0.25) is 4.73 Å². The maximum absolute atomic E-state index is 11.0. The molecule has 0 spiro atoms. The fourth-order valence-electron chi connectivity index (χ4n) is 0.965. The van der Waals surface area contributed by atoms with Crippen molar-refractivity contribution < 1.29 is 28.7 Å². The van der Waals surface area contributed by atoms with Crippen LogP contribution in [-0.2, 0) is 9.13 Å². The van der Waals surface area contributed by atoms with Gasteiger partial charge < -0.3 is 19.6 Å². The van der Waals surface area contributed by atoms with Crippen molar-refractivity contribution in [2.75, 3.05) is 0 Å². The molecule has 0 bridgehead atoms. The quantitative estimate of drug-likeness (QED) is 0.481. The fourth-order valence-corrected chi connectivity index (χ4v) is 4.76. The molecule has 0 fully saturated rings. The van der Waals surface area contributed by atoms with Crippen LogP contribution in [-0.4, -0.2) is 29.3 Å². The summed E-state index contributed by atoms with van der Waals surface area (Å²) in [5, 5.41) is 0.146. The van der Waals surface area contributed by atoms with Crippen LogP contribution in [0, 0.1) is 6.92 Å². The van der Waals surface area contributed by atoms with Crippen LogP contribution in [0.1, 0.15) is 5.56 Å². The smallest absolute Gasteiger partial charge is 0.323 e. The maximum Gasteiger partial charge on any atom is 0.351 e. The molecule has 0 aliphatic carbocycles. The van der Waals surface area contributed by atoms with Crippen LogP contribution in [0.2, 0.25) is 0 Å². The van der Waals surface area contributed by atoms with Crippen molar-refractivity contribution in [3.63, 3.8) is 0 Å². The highest BCUT2D eigenvalue weighted by Crippen LogP contribution is 2.65. The average molecular weight is 299 g/mol. The van der Waals surface area contributed by atoms with Gasteiger partial charge in [-0.25, -0.2) is 4.98 Å². The molecule has 0 aliphatic rings. The number of nitrogens with zero attached hydrogens (tertiary/aromatic N) is 1. The van der Waals surface area contributed by atoms with Gasteiger partial charge in [-0.15, -0.1) is 0 Å². The number of thioether (sulfide) groups is 1. The molecule has 4 N–H and O–H groups in total. The Morgan fingerprint density at radius 2 is 1.71 bits per heavy atom. The number of pyridine rings is 1. The van der Waals surface area contributed by atoms with Gasteiger partial charge in [0.1, 0.15) is 0 Å². The Kier molecular flexibility index (Phi) is 4.54. The lowest BCUT2D eigenvalue weighted by Gasteiger charge is -2.18. The number of aryl methyl sites for hydroxylation is 1. The first-order chi connectivity index (χ1) is 7.60. The van der Waals surface area contributed by atoms with Gasteiger partial charge in [0, 0.05) is 6.20 Å². The van der Waals surface area contributed by atoms with Crippen molar-refractivity contribution in [1.29, 1.82) is 0 Å². The summed E-state index contributed by atoms with van der Waals surface area (Å²) >= 11 is 0.374. The van der Waals surface area contributed by atoms with Gasteiger partial charge in [-0.1, -0.05) is 17.8 Å². The zero-order valence-electron chi connectivity index (χ0n) is 8.66. The second-order valence-corrected chi connectivity index (χ2v) is 8.92. The minimum atomic E-state index is -4.91. The summed E-state index contributed by atoms with van der Waals surface area (Å²) in [4.78, 5) is 39.4. The lowest BCUT2D eigenvalue weighted by Crippen LogP contribution is -2.04. The van der Waals surface area contributed by atoms with E-state index in [4.69, 9.17) is 19.6 Å². The predicted octanol–water partition coefficient (Wildman–Crippen LogP) is 1.12. The molecule has 0 aromatic carbocycles. The molecule has 0 radical (unpaired) electrons. The summed E-state index contributed by atoms with van der Waals surface area (Å²) in [6, 6.07) is 3.07. The lowest BCUT2D eigenvalue weighted by atomic mass is 10.3. The first-order valence-electron chi connectivity index (χ1n) is 4.30. The van der Waals surface area contributed by atoms with Crippen LogP contribution in [0.15, 0.2) is 23.4 Å². The Balaban J connectivity index is 3.00. The van der Waals surface area contributed by atoms with Crippen LogP contribution >= 0.6 is 27.0 Å². The Hall–Kier alpha value is -0.200. The average Bonchev–Trinajstić information content (AvgIpc) is 2.13. The van der Waals surface area contributed by atoms with E-state index in [-0.39, 0.29) is 5.03 Å². The summed E-state index contributed by atoms with van der Waals surface area (Å²) in [5.74, 6) is 0. The second-order valence-electron chi connectivity index (χ2n) is 3.30. The van der Waals surface area contributed by atoms with Crippen molar-refractivity contribution in [2.45, 2.75) is 16.7 Å². The molecule has 0 aliphatic heterocycles. The molecular formula is C7H11NO6P2S. The third kappa shape index (κ3) is 4.52. The summed E-state index contributed by atoms with van der Waals surface area (Å²) in [5.41, 5.74) is 0.832. The molecule has 0 unspecified atom stereocenters. The van der Waals surface area contributed by atoms with Crippen LogP contribution in [0.25, 0.3) is 0 Å². The molecule has 0 saturated carbocycles. The van der Waals surface area contributed by atoms with E-state index in [1.807, 2.05) is 0 Å². The maximum atomic E-state index is 11.0. The Morgan fingerprint density at radius 3 is 2.06 bits per heavy atom. The lowest BCUT2D eigenvalue weighted by molar-refractivity contribution is 0.352. The molecule has 1 aromatic rings. The molecule has 1 aromatic heterocycles. The number of rotatable bonds is 4. The van der Waals surface area contributed by atoms with Crippen molar-refractivity contribution >= 4 is 27.0 Å². The zero-order chi connectivity index (χ0) is 13.3. The zero-order valence-corrected chi connectivity index (χ0v) is 11.3. The predicted molar refractivity (Wildman–Crippen MR) is 62.7 cm³/mol. The van der Waals surface area contributed by atoms with E-state index >= 15 is 0 Å². The topological polar surface area (TPSA) is 128 Å². The number of aromatic nitrogens is 1. The third-order valence-corrected chi connectivity index (χ3v) is 7.62. The Bertz CT molecular complexity index is 458. The van der Waals surface area contributed by atoms with Gasteiger partial charge in [-0.05, 0) is 18.6 Å². The monoisotopic (exact) mass is 299 g/mol. The highest BCUT2D eigenvalue weighted by Gasteiger charge is 2.44. The van der Waals surface area contributed by atoms with Crippen molar-refractivity contribution in [3.05, 3.63) is 23.9 Å². The summed E-state index contributed by atoms with van der Waals surface area (Å²) in [7, 11) is -9.83. The Morgan fingerprint density at radius 1 is 1.18 bits per heavy atom. The van der Waals surface area contributed by atoms with Gasteiger partial charge >= 0.3 is 15.2 Å². The van der Waals surface area contributed by atoms with Crippen LogP contribution in [0.3, 0.4) is 0 Å². The van der Waals surface area contributed by atoms with Crippen LogP contribution < -0.4 is 0 Å². The van der Waals surface area contributed by atoms with Gasteiger partial charge in [0.25, 0.3) is 0 Å². The van der Waals surface area contributed by atoms with Crippen LogP contribution in [0.4, 0.5) is 0 Å². The largest absolute Gasteiger partial charge is 0.351 e. The SMILES string of the molecule is Cc1ccc(SC(P(=O)(O)O)P(=O)(O)O)nc1. The second kappa shape index (κ2) is 5.20. The van der Waals surface area contributed by atoms with Crippen molar-refractivity contribution in [3.8, 4) is 0 Å². The molecule has 0 saturated heterocycles. The molecular weight excluding hydrogens is 288 g/mol. The van der Waals surface area contributed by atoms with Gasteiger partial charge in [0.15, 0.2) is 0 Å². The number of hydrogen-bond donors (Lipinski definition) is 4.